The Morgan fingerprint density at radius 1 is 1.47 bits per heavy atom. The molecule has 2 heterocycles. The van der Waals surface area contributed by atoms with E-state index in [9.17, 15) is 0 Å². The number of nitrogens with zero attached hydrogens (tertiary/aromatic N) is 3. The van der Waals surface area contributed by atoms with Crippen LogP contribution in [0.25, 0.3) is 0 Å². The summed E-state index contributed by atoms with van der Waals surface area (Å²) in [6.45, 7) is 1.36. The molecule has 0 aliphatic carbocycles. The summed E-state index contributed by atoms with van der Waals surface area (Å²) in [7, 11) is 1.67. The molecule has 0 spiro atoms. The van der Waals surface area contributed by atoms with Gasteiger partial charge in [0.1, 0.15) is 0 Å². The fourth-order valence-electron chi connectivity index (χ4n) is 1.41. The highest BCUT2D eigenvalue weighted by Gasteiger charge is 2.01. The number of rotatable bonds is 5. The molecule has 2 aromatic heterocycles. The minimum Gasteiger partial charge on any atom is -0.396 e. The van der Waals surface area contributed by atoms with Crippen molar-refractivity contribution in [2.24, 2.45) is 0 Å². The zero-order chi connectivity index (χ0) is 12.1. The lowest BCUT2D eigenvalue weighted by Gasteiger charge is -2.05. The van der Waals surface area contributed by atoms with Gasteiger partial charge in [-0.05, 0) is 6.07 Å². The van der Waals surface area contributed by atoms with Crippen LogP contribution in [0.1, 0.15) is 0 Å². The monoisotopic (exact) mass is 233 g/mol. The van der Waals surface area contributed by atoms with Gasteiger partial charge in [-0.1, -0.05) is 0 Å². The topological polar surface area (TPSA) is 78.0 Å². The molecule has 6 nitrogen and oxygen atoms in total. The fraction of sp³-hybridized carbons (Fsp3) is 0.273. The number of nitrogen functional groups attached to an aromatic ring is 1. The van der Waals surface area contributed by atoms with Crippen LogP contribution in [0, 0.1) is 0 Å². The molecule has 90 valence electrons. The predicted molar refractivity (Wildman–Crippen MR) is 66.0 cm³/mol. The third-order valence-corrected chi connectivity index (χ3v) is 2.29. The molecule has 0 amide bonds. The van der Waals surface area contributed by atoms with Gasteiger partial charge in [-0.3, -0.25) is 9.67 Å². The maximum absolute atomic E-state index is 5.78. The van der Waals surface area contributed by atoms with Crippen molar-refractivity contribution in [3.05, 3.63) is 30.9 Å². The van der Waals surface area contributed by atoms with Crippen molar-refractivity contribution >= 4 is 17.1 Å². The Morgan fingerprint density at radius 3 is 3.12 bits per heavy atom. The van der Waals surface area contributed by atoms with E-state index in [4.69, 9.17) is 10.5 Å². The van der Waals surface area contributed by atoms with Crippen molar-refractivity contribution in [1.29, 1.82) is 0 Å². The first kappa shape index (κ1) is 11.4. The lowest BCUT2D eigenvalue weighted by Crippen LogP contribution is -2.04. The minimum absolute atomic E-state index is 0.608. The first-order valence-corrected chi connectivity index (χ1v) is 5.27. The van der Waals surface area contributed by atoms with Crippen LogP contribution >= 0.6 is 0 Å². The Bertz CT molecular complexity index is 482. The SMILES string of the molecule is COCCn1cc(Nc2ccncc2N)cn1. The number of pyridine rings is 1. The summed E-state index contributed by atoms with van der Waals surface area (Å²) in [4.78, 5) is 3.93. The van der Waals surface area contributed by atoms with Crippen LogP contribution in [-0.2, 0) is 11.3 Å². The number of hydrogen-bond donors (Lipinski definition) is 2. The first-order chi connectivity index (χ1) is 8.29. The molecule has 3 N–H and O–H groups in total. The van der Waals surface area contributed by atoms with Crippen LogP contribution in [-0.4, -0.2) is 28.5 Å². The van der Waals surface area contributed by atoms with Crippen LogP contribution in [0.15, 0.2) is 30.9 Å². The van der Waals surface area contributed by atoms with Gasteiger partial charge in [0.15, 0.2) is 0 Å². The van der Waals surface area contributed by atoms with Gasteiger partial charge in [0, 0.05) is 19.5 Å². The molecule has 17 heavy (non-hydrogen) atoms. The maximum Gasteiger partial charge on any atom is 0.0771 e. The normalized spacial score (nSPS) is 10.4. The zero-order valence-corrected chi connectivity index (χ0v) is 9.63. The summed E-state index contributed by atoms with van der Waals surface area (Å²) in [6.07, 6.45) is 6.94. The smallest absolute Gasteiger partial charge is 0.0771 e. The van der Waals surface area contributed by atoms with E-state index in [1.807, 2.05) is 16.9 Å². The lowest BCUT2D eigenvalue weighted by atomic mass is 10.3. The molecule has 0 bridgehead atoms. The number of aromatic nitrogens is 3. The molecule has 0 saturated carbocycles. The molecule has 2 aromatic rings. The predicted octanol–water partition coefficient (Wildman–Crippen LogP) is 1.25. The average molecular weight is 233 g/mol. The quantitative estimate of drug-likeness (QED) is 0.812. The highest BCUT2D eigenvalue weighted by molar-refractivity contribution is 5.70. The molecular formula is C11H15N5O. The van der Waals surface area contributed by atoms with Gasteiger partial charge in [0.25, 0.3) is 0 Å². The van der Waals surface area contributed by atoms with Gasteiger partial charge in [0.05, 0.1) is 42.6 Å². The second-order valence-corrected chi connectivity index (χ2v) is 3.57. The highest BCUT2D eigenvalue weighted by Crippen LogP contribution is 2.20. The van der Waals surface area contributed by atoms with Gasteiger partial charge in [-0.2, -0.15) is 5.10 Å². The van der Waals surface area contributed by atoms with Gasteiger partial charge in [-0.15, -0.1) is 0 Å². The first-order valence-electron chi connectivity index (χ1n) is 5.27. The van der Waals surface area contributed by atoms with Crippen LogP contribution in [0.5, 0.6) is 0 Å². The van der Waals surface area contributed by atoms with E-state index in [0.717, 1.165) is 17.9 Å². The Balaban J connectivity index is 2.04. The summed E-state index contributed by atoms with van der Waals surface area (Å²) < 4.78 is 6.79. The highest BCUT2D eigenvalue weighted by atomic mass is 16.5. The van der Waals surface area contributed by atoms with Crippen molar-refractivity contribution in [3.8, 4) is 0 Å². The Hall–Kier alpha value is -2.08. The van der Waals surface area contributed by atoms with Gasteiger partial charge in [-0.25, -0.2) is 0 Å². The summed E-state index contributed by atoms with van der Waals surface area (Å²) in [6, 6.07) is 1.82. The van der Waals surface area contributed by atoms with Gasteiger partial charge < -0.3 is 15.8 Å². The molecule has 0 aromatic carbocycles. The second-order valence-electron chi connectivity index (χ2n) is 3.57. The van der Waals surface area contributed by atoms with E-state index in [0.29, 0.717) is 12.3 Å². The molecule has 0 unspecified atom stereocenters. The van der Waals surface area contributed by atoms with Crippen LogP contribution in [0.4, 0.5) is 17.1 Å². The molecule has 2 rings (SSSR count). The van der Waals surface area contributed by atoms with E-state index < -0.39 is 0 Å². The van der Waals surface area contributed by atoms with E-state index >= 15 is 0 Å². The molecule has 0 aliphatic rings. The van der Waals surface area contributed by atoms with Crippen molar-refractivity contribution in [2.45, 2.75) is 6.54 Å². The fourth-order valence-corrected chi connectivity index (χ4v) is 1.41. The van der Waals surface area contributed by atoms with Crippen molar-refractivity contribution in [3.63, 3.8) is 0 Å². The average Bonchev–Trinajstić information content (AvgIpc) is 2.77. The molecule has 0 radical (unpaired) electrons. The standard InChI is InChI=1S/C11H15N5O/c1-17-5-4-16-8-9(6-14-16)15-11-2-3-13-7-10(11)12/h2-3,6-8H,4-5,12H2,1H3,(H,13,15). The maximum atomic E-state index is 5.78. The van der Waals surface area contributed by atoms with Crippen LogP contribution < -0.4 is 11.1 Å². The molecule has 0 fully saturated rings. The number of hydrogen-bond acceptors (Lipinski definition) is 5. The van der Waals surface area contributed by atoms with E-state index in [1.165, 1.54) is 0 Å². The molecule has 0 aliphatic heterocycles. The Labute approximate surface area is 99.4 Å². The number of anilines is 3. The molecule has 0 saturated heterocycles. The third-order valence-electron chi connectivity index (χ3n) is 2.29. The lowest BCUT2D eigenvalue weighted by molar-refractivity contribution is 0.183. The van der Waals surface area contributed by atoms with Gasteiger partial charge >= 0.3 is 0 Å². The van der Waals surface area contributed by atoms with Gasteiger partial charge in [0.2, 0.25) is 0 Å². The number of nitrogens with two attached hydrogens (primary N) is 1. The molecule has 6 heteroatoms. The number of nitrogens with one attached hydrogen (secondary N) is 1. The van der Waals surface area contributed by atoms with Crippen LogP contribution in [0.2, 0.25) is 0 Å². The minimum atomic E-state index is 0.608. The molecule has 0 atom stereocenters. The van der Waals surface area contributed by atoms with Crippen molar-refractivity contribution in [1.82, 2.24) is 14.8 Å². The summed E-state index contributed by atoms with van der Waals surface area (Å²) in [5, 5.41) is 7.38. The van der Waals surface area contributed by atoms with Crippen LogP contribution in [0.3, 0.4) is 0 Å². The molecular weight excluding hydrogens is 218 g/mol. The van der Waals surface area contributed by atoms with E-state index in [-0.39, 0.29) is 0 Å². The summed E-state index contributed by atoms with van der Waals surface area (Å²) in [5.74, 6) is 0. The van der Waals surface area contributed by atoms with Crippen molar-refractivity contribution < 1.29 is 4.74 Å². The number of ether oxygens (including phenoxy) is 1. The Morgan fingerprint density at radius 2 is 2.35 bits per heavy atom. The van der Waals surface area contributed by atoms with E-state index in [2.05, 4.69) is 15.4 Å². The summed E-state index contributed by atoms with van der Waals surface area (Å²) >= 11 is 0. The van der Waals surface area contributed by atoms with Crippen molar-refractivity contribution in [2.75, 3.05) is 24.8 Å². The third kappa shape index (κ3) is 2.94. The van der Waals surface area contributed by atoms with E-state index in [1.54, 1.807) is 25.7 Å². The Kier molecular flexibility index (Phi) is 3.56. The largest absolute Gasteiger partial charge is 0.396 e. The zero-order valence-electron chi connectivity index (χ0n) is 9.63. The summed E-state index contributed by atoms with van der Waals surface area (Å²) in [5.41, 5.74) is 8.10. The number of methoxy groups -OCH3 is 1. The second kappa shape index (κ2) is 5.31.